The van der Waals surface area contributed by atoms with Gasteiger partial charge in [0.15, 0.2) is 0 Å². The van der Waals surface area contributed by atoms with Gasteiger partial charge in [0.1, 0.15) is 5.82 Å². The summed E-state index contributed by atoms with van der Waals surface area (Å²) >= 11 is 0. The minimum absolute atomic E-state index is 0.190. The summed E-state index contributed by atoms with van der Waals surface area (Å²) in [6.45, 7) is 0. The van der Waals surface area contributed by atoms with Gasteiger partial charge < -0.3 is 11.1 Å². The normalized spacial score (nSPS) is 15.7. The maximum atomic E-state index is 13.0. The van der Waals surface area contributed by atoms with Gasteiger partial charge in [-0.3, -0.25) is 4.79 Å². The second-order valence-corrected chi connectivity index (χ2v) is 5.13. The number of rotatable bonds is 3. The fourth-order valence-electron chi connectivity index (χ4n) is 2.37. The molecule has 0 atom stereocenters. The Kier molecular flexibility index (Phi) is 2.93. The van der Waals surface area contributed by atoms with Crippen LogP contribution in [0.4, 0.5) is 10.1 Å². The molecule has 0 radical (unpaired) electrons. The van der Waals surface area contributed by atoms with Gasteiger partial charge in [0.25, 0.3) is 5.91 Å². The molecule has 3 nitrogen and oxygen atoms in total. The minimum Gasteiger partial charge on any atom is -0.398 e. The van der Waals surface area contributed by atoms with E-state index in [0.717, 1.165) is 18.4 Å². The first-order valence-corrected chi connectivity index (χ1v) is 6.54. The molecular weight excluding hydrogens is 255 g/mol. The summed E-state index contributed by atoms with van der Waals surface area (Å²) < 4.78 is 13.0. The molecule has 1 aliphatic carbocycles. The van der Waals surface area contributed by atoms with Crippen LogP contribution in [-0.4, -0.2) is 5.91 Å². The lowest BCUT2D eigenvalue weighted by atomic mass is 10.0. The van der Waals surface area contributed by atoms with Gasteiger partial charge >= 0.3 is 0 Å². The molecule has 0 aromatic heterocycles. The van der Waals surface area contributed by atoms with Crippen LogP contribution in [0.1, 0.15) is 28.8 Å². The summed E-state index contributed by atoms with van der Waals surface area (Å²) in [5.74, 6) is -0.465. The lowest BCUT2D eigenvalue weighted by Crippen LogP contribution is -2.35. The highest BCUT2D eigenvalue weighted by Crippen LogP contribution is 2.45. The third-order valence-corrected chi connectivity index (χ3v) is 3.71. The van der Waals surface area contributed by atoms with Crippen LogP contribution < -0.4 is 11.1 Å². The third kappa shape index (κ3) is 2.25. The standard InChI is InChI=1S/C16H15FN2O/c17-12-7-5-11(6-8-12)16(9-10-16)19-15(20)13-3-1-2-4-14(13)18/h1-8H,9-10,18H2,(H,19,20). The number of carbonyl (C=O) groups is 1. The summed E-state index contributed by atoms with van der Waals surface area (Å²) in [6.07, 6.45) is 1.72. The largest absolute Gasteiger partial charge is 0.398 e. The number of nitrogens with one attached hydrogen (secondary N) is 1. The number of carbonyl (C=O) groups excluding carboxylic acids is 1. The number of amides is 1. The summed E-state index contributed by atoms with van der Waals surface area (Å²) in [6, 6.07) is 13.2. The van der Waals surface area contributed by atoms with Gasteiger partial charge in [-0.1, -0.05) is 24.3 Å². The monoisotopic (exact) mass is 270 g/mol. The van der Waals surface area contributed by atoms with Crippen LogP contribution >= 0.6 is 0 Å². The van der Waals surface area contributed by atoms with Crippen molar-refractivity contribution in [3.05, 3.63) is 65.5 Å². The molecule has 0 aliphatic heterocycles. The Hall–Kier alpha value is -2.36. The number of halogens is 1. The van der Waals surface area contributed by atoms with E-state index < -0.39 is 0 Å². The van der Waals surface area contributed by atoms with Crippen LogP contribution in [0.2, 0.25) is 0 Å². The zero-order valence-electron chi connectivity index (χ0n) is 10.9. The second-order valence-electron chi connectivity index (χ2n) is 5.13. The van der Waals surface area contributed by atoms with Gasteiger partial charge in [-0.2, -0.15) is 0 Å². The number of anilines is 1. The molecular formula is C16H15FN2O. The fraction of sp³-hybridized carbons (Fsp3) is 0.188. The van der Waals surface area contributed by atoms with E-state index in [0.29, 0.717) is 11.3 Å². The Morgan fingerprint density at radius 3 is 2.35 bits per heavy atom. The molecule has 0 saturated heterocycles. The van der Waals surface area contributed by atoms with Crippen molar-refractivity contribution in [2.45, 2.75) is 18.4 Å². The lowest BCUT2D eigenvalue weighted by molar-refractivity contribution is 0.0931. The van der Waals surface area contributed by atoms with Gasteiger partial charge in [0.2, 0.25) is 0 Å². The third-order valence-electron chi connectivity index (χ3n) is 3.71. The number of nitrogen functional groups attached to an aromatic ring is 1. The number of hydrogen-bond donors (Lipinski definition) is 2. The Balaban J connectivity index is 1.82. The smallest absolute Gasteiger partial charge is 0.254 e. The first-order chi connectivity index (χ1) is 9.61. The maximum Gasteiger partial charge on any atom is 0.254 e. The van der Waals surface area contributed by atoms with Crippen molar-refractivity contribution in [1.82, 2.24) is 5.32 Å². The number of nitrogens with two attached hydrogens (primary N) is 1. The van der Waals surface area contributed by atoms with E-state index >= 15 is 0 Å². The fourth-order valence-corrected chi connectivity index (χ4v) is 2.37. The summed E-state index contributed by atoms with van der Waals surface area (Å²) in [5, 5.41) is 3.02. The van der Waals surface area contributed by atoms with E-state index in [1.54, 1.807) is 36.4 Å². The second kappa shape index (κ2) is 4.63. The summed E-state index contributed by atoms with van der Waals surface area (Å²) in [4.78, 5) is 12.3. The van der Waals surface area contributed by atoms with E-state index in [2.05, 4.69) is 5.32 Å². The molecule has 1 amide bonds. The minimum atomic E-state index is -0.368. The number of benzene rings is 2. The number of para-hydroxylation sites is 1. The van der Waals surface area contributed by atoms with E-state index in [-0.39, 0.29) is 17.3 Å². The Morgan fingerprint density at radius 1 is 1.10 bits per heavy atom. The van der Waals surface area contributed by atoms with Crippen molar-refractivity contribution >= 4 is 11.6 Å². The molecule has 1 aliphatic rings. The lowest BCUT2D eigenvalue weighted by Gasteiger charge is -2.18. The Bertz CT molecular complexity index is 648. The van der Waals surface area contributed by atoms with Crippen molar-refractivity contribution in [2.75, 3.05) is 5.73 Å². The molecule has 0 unspecified atom stereocenters. The quantitative estimate of drug-likeness (QED) is 0.843. The van der Waals surface area contributed by atoms with Crippen molar-refractivity contribution in [2.24, 2.45) is 0 Å². The molecule has 0 bridgehead atoms. The van der Waals surface area contributed by atoms with Crippen molar-refractivity contribution < 1.29 is 9.18 Å². The first kappa shape index (κ1) is 12.7. The van der Waals surface area contributed by atoms with Crippen LogP contribution in [-0.2, 0) is 5.54 Å². The maximum absolute atomic E-state index is 13.0. The van der Waals surface area contributed by atoms with Crippen LogP contribution in [0.15, 0.2) is 48.5 Å². The molecule has 4 heteroatoms. The highest BCUT2D eigenvalue weighted by atomic mass is 19.1. The molecule has 2 aromatic carbocycles. The van der Waals surface area contributed by atoms with Gasteiger partial charge in [0.05, 0.1) is 11.1 Å². The zero-order valence-corrected chi connectivity index (χ0v) is 10.9. The average Bonchev–Trinajstić information content (AvgIpc) is 3.20. The van der Waals surface area contributed by atoms with E-state index in [1.807, 2.05) is 0 Å². The zero-order chi connectivity index (χ0) is 14.2. The van der Waals surface area contributed by atoms with E-state index in [4.69, 9.17) is 5.73 Å². The van der Waals surface area contributed by atoms with Crippen LogP contribution in [0, 0.1) is 5.82 Å². The van der Waals surface area contributed by atoms with Gasteiger partial charge in [0, 0.05) is 5.69 Å². The van der Waals surface area contributed by atoms with Crippen LogP contribution in [0.5, 0.6) is 0 Å². The molecule has 0 heterocycles. The Morgan fingerprint density at radius 2 is 1.75 bits per heavy atom. The van der Waals surface area contributed by atoms with Crippen LogP contribution in [0.25, 0.3) is 0 Å². The van der Waals surface area contributed by atoms with E-state index in [1.165, 1.54) is 12.1 Å². The predicted octanol–water partition coefficient (Wildman–Crippen LogP) is 2.83. The summed E-state index contributed by atoms with van der Waals surface area (Å²) in [5.41, 5.74) is 7.30. The van der Waals surface area contributed by atoms with Gasteiger partial charge in [-0.15, -0.1) is 0 Å². The van der Waals surface area contributed by atoms with Crippen molar-refractivity contribution in [1.29, 1.82) is 0 Å². The molecule has 1 saturated carbocycles. The molecule has 1 fully saturated rings. The predicted molar refractivity (Wildman–Crippen MR) is 75.6 cm³/mol. The van der Waals surface area contributed by atoms with Gasteiger partial charge in [-0.05, 0) is 42.7 Å². The first-order valence-electron chi connectivity index (χ1n) is 6.54. The highest BCUT2D eigenvalue weighted by molar-refractivity contribution is 5.99. The van der Waals surface area contributed by atoms with Crippen molar-refractivity contribution in [3.63, 3.8) is 0 Å². The SMILES string of the molecule is Nc1ccccc1C(=O)NC1(c2ccc(F)cc2)CC1. The van der Waals surface area contributed by atoms with E-state index in [9.17, 15) is 9.18 Å². The molecule has 3 rings (SSSR count). The Labute approximate surface area is 116 Å². The molecule has 3 N–H and O–H groups in total. The topological polar surface area (TPSA) is 55.1 Å². The summed E-state index contributed by atoms with van der Waals surface area (Å²) in [7, 11) is 0. The number of hydrogen-bond acceptors (Lipinski definition) is 2. The molecule has 0 spiro atoms. The average molecular weight is 270 g/mol. The van der Waals surface area contributed by atoms with Gasteiger partial charge in [-0.25, -0.2) is 4.39 Å². The highest BCUT2D eigenvalue weighted by Gasteiger charge is 2.45. The van der Waals surface area contributed by atoms with Crippen LogP contribution in [0.3, 0.4) is 0 Å². The molecule has 20 heavy (non-hydrogen) atoms. The molecule has 2 aromatic rings. The molecule has 102 valence electrons. The van der Waals surface area contributed by atoms with Crippen molar-refractivity contribution in [3.8, 4) is 0 Å².